The van der Waals surface area contributed by atoms with Crippen molar-refractivity contribution in [3.63, 3.8) is 0 Å². The molecule has 0 heterocycles. The first-order valence-electron chi connectivity index (χ1n) is 13.4. The van der Waals surface area contributed by atoms with Gasteiger partial charge in [0.25, 0.3) is 0 Å². The van der Waals surface area contributed by atoms with Gasteiger partial charge in [-0.25, -0.2) is 39.0 Å². The van der Waals surface area contributed by atoms with Gasteiger partial charge in [0, 0.05) is 52.4 Å². The van der Waals surface area contributed by atoms with E-state index >= 15 is 0 Å². The van der Waals surface area contributed by atoms with Crippen LogP contribution in [0.15, 0.2) is 82.1 Å². The molecule has 0 aromatic heterocycles. The molecular weight excluding hydrogens is 670 g/mol. The molecule has 2 aromatic rings. The van der Waals surface area contributed by atoms with Crippen molar-refractivity contribution in [1.82, 2.24) is 13.9 Å². The number of alkyl carbamates (subject to hydrolysis) is 1. The van der Waals surface area contributed by atoms with E-state index in [9.17, 15) is 30.4 Å². The zero-order chi connectivity index (χ0) is 34.4. The van der Waals surface area contributed by atoms with Crippen LogP contribution in [0.25, 0.3) is 0 Å². The van der Waals surface area contributed by atoms with Crippen LogP contribution in [-0.4, -0.2) is 91.6 Å². The second-order valence-corrected chi connectivity index (χ2v) is 15.0. The lowest BCUT2D eigenvalue weighted by Gasteiger charge is -2.20. The Balaban J connectivity index is 0.000000902. The normalized spacial score (nSPS) is 12.5. The molecule has 0 aliphatic heterocycles. The van der Waals surface area contributed by atoms with Crippen LogP contribution in [-0.2, 0) is 24.8 Å². The third-order valence-corrected chi connectivity index (χ3v) is 9.14. The number of nitrogens with zero attached hydrogens (tertiary/aromatic N) is 2. The highest BCUT2D eigenvalue weighted by Gasteiger charge is 2.18. The van der Waals surface area contributed by atoms with E-state index in [4.69, 9.17) is 19.9 Å². The van der Waals surface area contributed by atoms with Crippen molar-refractivity contribution < 1.29 is 44.6 Å². The molecule has 17 heteroatoms. The van der Waals surface area contributed by atoms with Gasteiger partial charge in [0.1, 0.15) is 30.3 Å². The average Bonchev–Trinajstić information content (AvgIpc) is 2.97. The predicted molar refractivity (Wildman–Crippen MR) is 175 cm³/mol. The zero-order valence-electron chi connectivity index (χ0n) is 26.8. The summed E-state index contributed by atoms with van der Waals surface area (Å²) in [4.78, 5) is 11.9. The summed E-state index contributed by atoms with van der Waals surface area (Å²) in [7, 11) is -1.17. The number of sulfonamides is 2. The Hall–Kier alpha value is -3.28. The number of ether oxygens (including phenoxy) is 3. The molecule has 0 saturated heterocycles. The highest BCUT2D eigenvalue weighted by molar-refractivity contribution is 7.89. The molecular formula is C29H43ClF2N4O8S2. The summed E-state index contributed by atoms with van der Waals surface area (Å²) in [6, 6.07) is 11.7. The van der Waals surface area contributed by atoms with Crippen LogP contribution in [0.3, 0.4) is 0 Å². The lowest BCUT2D eigenvalue weighted by molar-refractivity contribution is 0.0531. The second-order valence-electron chi connectivity index (χ2n) is 10.7. The molecule has 0 spiro atoms. The van der Waals surface area contributed by atoms with Crippen LogP contribution in [0.2, 0.25) is 0 Å². The SMILES string of the molecule is CN(C)S(=O)(=O)c1ccc(OC/C(=C\F)CN)cc1.CN(C)S(=O)(=O)c1ccc(OC/C(=C\F)CNC(=O)OC(C)(C)C)cc1.Cl. The third kappa shape index (κ3) is 14.4. The van der Waals surface area contributed by atoms with Gasteiger partial charge in [-0.3, -0.25) is 0 Å². The van der Waals surface area contributed by atoms with Crippen molar-refractivity contribution in [2.24, 2.45) is 5.73 Å². The smallest absolute Gasteiger partial charge is 0.407 e. The van der Waals surface area contributed by atoms with Gasteiger partial charge in [0.05, 0.1) is 22.5 Å². The molecule has 0 unspecified atom stereocenters. The molecule has 12 nitrogen and oxygen atoms in total. The maximum atomic E-state index is 12.9. The second kappa shape index (κ2) is 19.4. The van der Waals surface area contributed by atoms with E-state index in [2.05, 4.69) is 5.32 Å². The Morgan fingerprint density at radius 3 is 1.46 bits per heavy atom. The maximum absolute atomic E-state index is 12.9. The topological polar surface area (TPSA) is 158 Å². The van der Waals surface area contributed by atoms with Crippen LogP contribution in [0, 0.1) is 0 Å². The van der Waals surface area contributed by atoms with Gasteiger partial charge >= 0.3 is 6.09 Å². The summed E-state index contributed by atoms with van der Waals surface area (Å²) in [5.74, 6) is 0.824. The lowest BCUT2D eigenvalue weighted by atomic mass is 10.2. The molecule has 0 radical (unpaired) electrons. The van der Waals surface area contributed by atoms with E-state index in [1.807, 2.05) is 0 Å². The summed E-state index contributed by atoms with van der Waals surface area (Å²) in [6.07, 6.45) is 0.0997. The number of amides is 1. The van der Waals surface area contributed by atoms with Crippen molar-refractivity contribution in [1.29, 1.82) is 0 Å². The number of carbonyl (C=O) groups is 1. The first kappa shape index (κ1) is 42.7. The number of rotatable bonds is 13. The number of nitrogens with one attached hydrogen (secondary N) is 1. The minimum absolute atomic E-state index is 0. The summed E-state index contributed by atoms with van der Waals surface area (Å²) >= 11 is 0. The van der Waals surface area contributed by atoms with Crippen LogP contribution in [0.1, 0.15) is 20.8 Å². The Morgan fingerprint density at radius 1 is 0.783 bits per heavy atom. The number of halogens is 3. The molecule has 3 N–H and O–H groups in total. The molecule has 260 valence electrons. The molecule has 0 bridgehead atoms. The fourth-order valence-corrected chi connectivity index (χ4v) is 4.75. The number of nitrogens with two attached hydrogens (primary N) is 1. The first-order valence-corrected chi connectivity index (χ1v) is 16.3. The van der Waals surface area contributed by atoms with Gasteiger partial charge in [0.2, 0.25) is 20.0 Å². The minimum Gasteiger partial charge on any atom is -0.489 e. The molecule has 1 amide bonds. The van der Waals surface area contributed by atoms with E-state index in [1.165, 1.54) is 76.7 Å². The first-order chi connectivity index (χ1) is 20.9. The van der Waals surface area contributed by atoms with E-state index in [0.29, 0.717) is 29.7 Å². The number of hydrogen-bond donors (Lipinski definition) is 2. The molecule has 0 atom stereocenters. The number of benzene rings is 2. The van der Waals surface area contributed by atoms with Crippen molar-refractivity contribution in [2.45, 2.75) is 36.2 Å². The fourth-order valence-electron chi connectivity index (χ4n) is 2.95. The van der Waals surface area contributed by atoms with Gasteiger partial charge in [-0.05, 0) is 69.3 Å². The van der Waals surface area contributed by atoms with Gasteiger partial charge in [-0.1, -0.05) is 0 Å². The Labute approximate surface area is 276 Å². The standard InChI is InChI=1S/C17H25FN2O5S.C12H17FN2O3S.ClH/c1-17(2,3)25-16(21)19-11-13(10-18)12-24-14-6-8-15(9-7-14)26(22,23)20(4)5;1-15(2)19(16,17)12-5-3-11(4-6-12)18-9-10(7-13)8-14;/h6-10H,11-12H2,1-5H3,(H,19,21);3-7H,8-9,14H2,1-2H3;1H/b13-10-;10-7-;. The lowest BCUT2D eigenvalue weighted by Crippen LogP contribution is -2.34. The largest absolute Gasteiger partial charge is 0.489 e. The Morgan fingerprint density at radius 2 is 1.15 bits per heavy atom. The third-order valence-electron chi connectivity index (χ3n) is 5.48. The van der Waals surface area contributed by atoms with Crippen molar-refractivity contribution in [3.05, 3.63) is 72.3 Å². The van der Waals surface area contributed by atoms with Crippen molar-refractivity contribution in [3.8, 4) is 11.5 Å². The van der Waals surface area contributed by atoms with Crippen molar-refractivity contribution >= 4 is 38.5 Å². The van der Waals surface area contributed by atoms with E-state index in [-0.39, 0.29) is 54.1 Å². The molecule has 0 aliphatic rings. The molecule has 46 heavy (non-hydrogen) atoms. The average molecular weight is 713 g/mol. The molecule has 2 aromatic carbocycles. The molecule has 0 saturated carbocycles. The van der Waals surface area contributed by atoms with Gasteiger partial charge in [-0.15, -0.1) is 12.4 Å². The number of hydrogen-bond acceptors (Lipinski definition) is 9. The van der Waals surface area contributed by atoms with Crippen LogP contribution >= 0.6 is 12.4 Å². The van der Waals surface area contributed by atoms with E-state index in [0.717, 1.165) is 8.61 Å². The quantitative estimate of drug-likeness (QED) is 0.310. The Bertz CT molecular complexity index is 1510. The molecule has 0 aliphatic carbocycles. The summed E-state index contributed by atoms with van der Waals surface area (Å²) in [6.45, 7) is 5.10. The fraction of sp³-hybridized carbons (Fsp3) is 0.414. The predicted octanol–water partition coefficient (Wildman–Crippen LogP) is 4.24. The highest BCUT2D eigenvalue weighted by atomic mass is 35.5. The summed E-state index contributed by atoms with van der Waals surface area (Å²) in [5, 5.41) is 2.43. The van der Waals surface area contributed by atoms with Gasteiger partial charge < -0.3 is 25.3 Å². The molecule has 0 fully saturated rings. The summed E-state index contributed by atoms with van der Waals surface area (Å²) in [5.41, 5.74) is 5.16. The van der Waals surface area contributed by atoms with Gasteiger partial charge in [0.15, 0.2) is 0 Å². The van der Waals surface area contributed by atoms with Crippen molar-refractivity contribution in [2.75, 3.05) is 54.5 Å². The zero-order valence-corrected chi connectivity index (χ0v) is 29.3. The Kier molecular flexibility index (Phi) is 18.0. The van der Waals surface area contributed by atoms with Crippen LogP contribution in [0.5, 0.6) is 11.5 Å². The molecule has 2 rings (SSSR count). The van der Waals surface area contributed by atoms with E-state index < -0.39 is 31.7 Å². The monoisotopic (exact) mass is 712 g/mol. The summed E-state index contributed by atoms with van der Waals surface area (Å²) < 4.78 is 90.8. The van der Waals surface area contributed by atoms with Gasteiger partial charge in [-0.2, -0.15) is 0 Å². The maximum Gasteiger partial charge on any atom is 0.407 e. The number of carbonyl (C=O) groups excluding carboxylic acids is 1. The van der Waals surface area contributed by atoms with Crippen LogP contribution in [0.4, 0.5) is 13.6 Å². The van der Waals surface area contributed by atoms with E-state index in [1.54, 1.807) is 20.8 Å². The van der Waals surface area contributed by atoms with Crippen LogP contribution < -0.4 is 20.5 Å². The minimum atomic E-state index is -3.52. The highest BCUT2D eigenvalue weighted by Crippen LogP contribution is 2.20.